The van der Waals surface area contributed by atoms with Crippen molar-refractivity contribution in [3.8, 4) is 0 Å². The molecule has 0 aliphatic heterocycles. The minimum Gasteiger partial charge on any atom is -0.362 e. The van der Waals surface area contributed by atoms with Crippen molar-refractivity contribution in [1.82, 2.24) is 0 Å². The Kier molecular flexibility index (Phi) is 4.58. The summed E-state index contributed by atoms with van der Waals surface area (Å²) < 4.78 is 0. The number of nitrogens with two attached hydrogens (primary N) is 1. The molecule has 1 atom stereocenters. The molecule has 0 aromatic rings. The van der Waals surface area contributed by atoms with E-state index in [2.05, 4.69) is 18.5 Å². The summed E-state index contributed by atoms with van der Waals surface area (Å²) in [5, 5.41) is 3.25. The first-order valence-electron chi connectivity index (χ1n) is 3.24. The molecule has 0 spiro atoms. The molecule has 0 aliphatic carbocycles. The summed E-state index contributed by atoms with van der Waals surface area (Å²) in [6, 6.07) is 0. The van der Waals surface area contributed by atoms with E-state index in [1.165, 1.54) is 0 Å². The average molecular weight is 142 g/mol. The Morgan fingerprint density at radius 3 is 2.80 bits per heavy atom. The molecule has 0 saturated carbocycles. The van der Waals surface area contributed by atoms with Gasteiger partial charge in [0.15, 0.2) is 0 Å². The van der Waals surface area contributed by atoms with Gasteiger partial charge in [-0.3, -0.25) is 0 Å². The van der Waals surface area contributed by atoms with Crippen LogP contribution in [0, 0.1) is 5.92 Å². The molecule has 0 aromatic carbocycles. The largest absolute Gasteiger partial charge is 0.362 e. The Morgan fingerprint density at radius 1 is 1.80 bits per heavy atom. The topological polar surface area (TPSA) is 47.6 Å². The van der Waals surface area contributed by atoms with Gasteiger partial charge in [-0.1, -0.05) is 18.7 Å². The van der Waals surface area contributed by atoms with Crippen molar-refractivity contribution in [1.29, 1.82) is 0 Å². The summed E-state index contributed by atoms with van der Waals surface area (Å²) in [5.41, 5.74) is 5.32. The second kappa shape index (κ2) is 4.99. The third-order valence-corrected chi connectivity index (χ3v) is 1.33. The lowest BCUT2D eigenvalue weighted by molar-refractivity contribution is 0.195. The SMILES string of the molecule is C=NOC(=C)C(C)CCN. The van der Waals surface area contributed by atoms with Crippen LogP contribution in [0.1, 0.15) is 13.3 Å². The van der Waals surface area contributed by atoms with E-state index in [0.29, 0.717) is 12.3 Å². The minimum absolute atomic E-state index is 0.260. The zero-order chi connectivity index (χ0) is 7.98. The molecule has 0 fully saturated rings. The van der Waals surface area contributed by atoms with Crippen LogP contribution in [-0.4, -0.2) is 13.3 Å². The predicted molar refractivity (Wildman–Crippen MR) is 42.6 cm³/mol. The van der Waals surface area contributed by atoms with Crippen molar-refractivity contribution >= 4 is 6.72 Å². The molecule has 58 valence electrons. The molecule has 3 heteroatoms. The van der Waals surface area contributed by atoms with Gasteiger partial charge in [-0.05, 0) is 13.0 Å². The summed E-state index contributed by atoms with van der Waals surface area (Å²) in [6.45, 7) is 9.46. The van der Waals surface area contributed by atoms with Crippen LogP contribution in [0.5, 0.6) is 0 Å². The molecule has 0 heterocycles. The number of nitrogens with zero attached hydrogens (tertiary/aromatic N) is 1. The summed E-state index contributed by atoms with van der Waals surface area (Å²) in [4.78, 5) is 4.72. The van der Waals surface area contributed by atoms with Gasteiger partial charge in [0.2, 0.25) is 0 Å². The molecular formula is C7H14N2O. The fraction of sp³-hybridized carbons (Fsp3) is 0.571. The lowest BCUT2D eigenvalue weighted by atomic mass is 10.1. The van der Waals surface area contributed by atoms with Crippen LogP contribution in [0.4, 0.5) is 0 Å². The maximum atomic E-state index is 5.32. The molecule has 0 aliphatic rings. The lowest BCUT2D eigenvalue weighted by Crippen LogP contribution is -2.07. The lowest BCUT2D eigenvalue weighted by Gasteiger charge is -2.09. The maximum Gasteiger partial charge on any atom is 0.130 e. The normalized spacial score (nSPS) is 12.2. The molecule has 0 rings (SSSR count). The van der Waals surface area contributed by atoms with E-state index >= 15 is 0 Å². The predicted octanol–water partition coefficient (Wildman–Crippen LogP) is 1.12. The smallest absolute Gasteiger partial charge is 0.130 e. The standard InChI is InChI=1S/C7H14N2O/c1-6(4-5-8)7(2)10-9-3/h6H,2-5,8H2,1H3. The van der Waals surface area contributed by atoms with E-state index in [1.54, 1.807) is 0 Å². The van der Waals surface area contributed by atoms with Crippen molar-refractivity contribution in [2.75, 3.05) is 6.54 Å². The molecule has 2 N–H and O–H groups in total. The Labute approximate surface area is 61.5 Å². The van der Waals surface area contributed by atoms with E-state index in [-0.39, 0.29) is 5.92 Å². The van der Waals surface area contributed by atoms with Crippen molar-refractivity contribution in [3.63, 3.8) is 0 Å². The van der Waals surface area contributed by atoms with Crippen molar-refractivity contribution in [2.24, 2.45) is 16.8 Å². The molecular weight excluding hydrogens is 128 g/mol. The second-order valence-corrected chi connectivity index (χ2v) is 2.17. The number of hydrogen-bond acceptors (Lipinski definition) is 3. The summed E-state index contributed by atoms with van der Waals surface area (Å²) >= 11 is 0. The van der Waals surface area contributed by atoms with E-state index in [0.717, 1.165) is 6.42 Å². The van der Waals surface area contributed by atoms with E-state index in [4.69, 9.17) is 10.6 Å². The Bertz CT molecular complexity index is 123. The van der Waals surface area contributed by atoms with Crippen LogP contribution in [0.3, 0.4) is 0 Å². The highest BCUT2D eigenvalue weighted by molar-refractivity contribution is 5.21. The van der Waals surface area contributed by atoms with E-state index < -0.39 is 0 Å². The van der Waals surface area contributed by atoms with Crippen LogP contribution in [0.25, 0.3) is 0 Å². The number of rotatable bonds is 5. The minimum atomic E-state index is 0.260. The fourth-order valence-corrected chi connectivity index (χ4v) is 0.584. The van der Waals surface area contributed by atoms with Crippen molar-refractivity contribution in [3.05, 3.63) is 12.3 Å². The molecule has 0 bridgehead atoms. The van der Waals surface area contributed by atoms with Gasteiger partial charge < -0.3 is 10.6 Å². The summed E-state index contributed by atoms with van der Waals surface area (Å²) in [5.74, 6) is 0.885. The van der Waals surface area contributed by atoms with Gasteiger partial charge in [-0.25, -0.2) is 0 Å². The van der Waals surface area contributed by atoms with Crippen LogP contribution in [0.2, 0.25) is 0 Å². The van der Waals surface area contributed by atoms with Crippen LogP contribution < -0.4 is 5.73 Å². The molecule has 0 radical (unpaired) electrons. The highest BCUT2D eigenvalue weighted by Gasteiger charge is 2.05. The molecule has 10 heavy (non-hydrogen) atoms. The quantitative estimate of drug-likeness (QED) is 0.355. The third kappa shape index (κ3) is 3.25. The Morgan fingerprint density at radius 2 is 2.40 bits per heavy atom. The summed E-state index contributed by atoms with van der Waals surface area (Å²) in [6.07, 6.45) is 0.869. The average Bonchev–Trinajstić information content (AvgIpc) is 1.89. The van der Waals surface area contributed by atoms with E-state index in [9.17, 15) is 0 Å². The van der Waals surface area contributed by atoms with Gasteiger partial charge >= 0.3 is 0 Å². The molecule has 0 amide bonds. The first-order valence-corrected chi connectivity index (χ1v) is 3.24. The highest BCUT2D eigenvalue weighted by atomic mass is 16.6. The van der Waals surface area contributed by atoms with Crippen molar-refractivity contribution in [2.45, 2.75) is 13.3 Å². The third-order valence-electron chi connectivity index (χ3n) is 1.33. The first-order chi connectivity index (χ1) is 4.72. The van der Waals surface area contributed by atoms with Gasteiger partial charge in [0.25, 0.3) is 0 Å². The van der Waals surface area contributed by atoms with Gasteiger partial charge in [0.1, 0.15) is 5.76 Å². The molecule has 0 saturated heterocycles. The monoisotopic (exact) mass is 142 g/mol. The highest BCUT2D eigenvalue weighted by Crippen LogP contribution is 2.12. The van der Waals surface area contributed by atoms with Gasteiger partial charge in [0.05, 0.1) is 0 Å². The number of hydrogen-bond donors (Lipinski definition) is 1. The van der Waals surface area contributed by atoms with Gasteiger partial charge in [0, 0.05) is 12.6 Å². The Balaban J connectivity index is 3.58. The molecule has 0 aromatic heterocycles. The number of allylic oxidation sites excluding steroid dienone is 1. The van der Waals surface area contributed by atoms with E-state index in [1.807, 2.05) is 6.92 Å². The molecule has 3 nitrogen and oxygen atoms in total. The van der Waals surface area contributed by atoms with Gasteiger partial charge in [-0.2, -0.15) is 0 Å². The van der Waals surface area contributed by atoms with Crippen LogP contribution in [-0.2, 0) is 4.84 Å². The summed E-state index contributed by atoms with van der Waals surface area (Å²) in [7, 11) is 0. The van der Waals surface area contributed by atoms with Gasteiger partial charge in [-0.15, -0.1) is 0 Å². The zero-order valence-electron chi connectivity index (χ0n) is 6.34. The zero-order valence-corrected chi connectivity index (χ0v) is 6.34. The second-order valence-electron chi connectivity index (χ2n) is 2.17. The maximum absolute atomic E-state index is 5.32. The van der Waals surface area contributed by atoms with Crippen LogP contribution >= 0.6 is 0 Å². The fourth-order valence-electron chi connectivity index (χ4n) is 0.584. The first kappa shape index (κ1) is 9.17. The van der Waals surface area contributed by atoms with Crippen LogP contribution in [0.15, 0.2) is 17.5 Å². The van der Waals surface area contributed by atoms with Crippen molar-refractivity contribution < 1.29 is 4.84 Å². The Hall–Kier alpha value is -0.830. The number of oxime groups is 1. The molecule has 1 unspecified atom stereocenters.